The highest BCUT2D eigenvalue weighted by Gasteiger charge is 2.35. The van der Waals surface area contributed by atoms with Gasteiger partial charge >= 0.3 is 0 Å². The standard InChI is InChI=1S/C18H25N3O4S/c1-2-3-14-26(24,25)20-11-8-19(9-12-20)10-13-21-17(22)15-6-4-5-7-16(15)18(21)23/h4-7H,2-3,8-14H2,1H3. The van der Waals surface area contributed by atoms with Crippen LogP contribution in [0.3, 0.4) is 0 Å². The number of hydrogen-bond acceptors (Lipinski definition) is 5. The number of sulfonamides is 1. The fraction of sp³-hybridized carbons (Fsp3) is 0.556. The molecule has 8 heteroatoms. The van der Waals surface area contributed by atoms with Gasteiger partial charge in [0.15, 0.2) is 0 Å². The van der Waals surface area contributed by atoms with E-state index < -0.39 is 10.0 Å². The second-order valence-corrected chi connectivity index (χ2v) is 8.81. The minimum Gasteiger partial charge on any atom is -0.299 e. The number of piperazine rings is 1. The molecule has 2 aliphatic rings. The van der Waals surface area contributed by atoms with Crippen LogP contribution >= 0.6 is 0 Å². The molecule has 0 aliphatic carbocycles. The predicted molar refractivity (Wildman–Crippen MR) is 98.5 cm³/mol. The van der Waals surface area contributed by atoms with Gasteiger partial charge in [0, 0.05) is 39.3 Å². The molecule has 0 unspecified atom stereocenters. The topological polar surface area (TPSA) is 78.0 Å². The van der Waals surface area contributed by atoms with Gasteiger partial charge in [0.25, 0.3) is 11.8 Å². The summed E-state index contributed by atoms with van der Waals surface area (Å²) in [6.45, 7) is 5.04. The van der Waals surface area contributed by atoms with Gasteiger partial charge in [0.1, 0.15) is 0 Å². The van der Waals surface area contributed by atoms with Crippen molar-refractivity contribution in [3.8, 4) is 0 Å². The maximum absolute atomic E-state index is 12.4. The third kappa shape index (κ3) is 3.82. The summed E-state index contributed by atoms with van der Waals surface area (Å²) >= 11 is 0. The Kier molecular flexibility index (Phi) is 5.74. The van der Waals surface area contributed by atoms with Gasteiger partial charge in [-0.15, -0.1) is 0 Å². The zero-order valence-electron chi connectivity index (χ0n) is 15.1. The van der Waals surface area contributed by atoms with Gasteiger partial charge < -0.3 is 0 Å². The van der Waals surface area contributed by atoms with Crippen LogP contribution in [-0.2, 0) is 10.0 Å². The molecule has 0 saturated carbocycles. The normalized spacial score (nSPS) is 19.2. The van der Waals surface area contributed by atoms with Gasteiger partial charge in [0.05, 0.1) is 16.9 Å². The number of nitrogens with zero attached hydrogens (tertiary/aromatic N) is 3. The molecule has 1 aromatic carbocycles. The van der Waals surface area contributed by atoms with E-state index in [0.29, 0.717) is 56.8 Å². The van der Waals surface area contributed by atoms with E-state index in [4.69, 9.17) is 0 Å². The van der Waals surface area contributed by atoms with Crippen LogP contribution in [0.4, 0.5) is 0 Å². The molecule has 1 fully saturated rings. The van der Waals surface area contributed by atoms with E-state index in [1.165, 1.54) is 4.90 Å². The molecule has 1 aromatic rings. The van der Waals surface area contributed by atoms with Gasteiger partial charge in [-0.3, -0.25) is 19.4 Å². The van der Waals surface area contributed by atoms with Crippen molar-refractivity contribution in [1.29, 1.82) is 0 Å². The van der Waals surface area contributed by atoms with Crippen molar-refractivity contribution < 1.29 is 18.0 Å². The Balaban J connectivity index is 1.51. The summed E-state index contributed by atoms with van der Waals surface area (Å²) in [7, 11) is -3.17. The molecule has 26 heavy (non-hydrogen) atoms. The minimum absolute atomic E-state index is 0.207. The predicted octanol–water partition coefficient (Wildman–Crippen LogP) is 1.03. The highest BCUT2D eigenvalue weighted by Crippen LogP contribution is 2.22. The van der Waals surface area contributed by atoms with E-state index in [9.17, 15) is 18.0 Å². The van der Waals surface area contributed by atoms with Gasteiger partial charge in [-0.1, -0.05) is 25.5 Å². The van der Waals surface area contributed by atoms with Crippen LogP contribution in [0.2, 0.25) is 0 Å². The van der Waals surface area contributed by atoms with E-state index in [1.54, 1.807) is 28.6 Å². The zero-order valence-corrected chi connectivity index (χ0v) is 15.9. The lowest BCUT2D eigenvalue weighted by Crippen LogP contribution is -2.51. The largest absolute Gasteiger partial charge is 0.299 e. The lowest BCUT2D eigenvalue weighted by Gasteiger charge is -2.34. The Morgan fingerprint density at radius 2 is 1.50 bits per heavy atom. The van der Waals surface area contributed by atoms with Crippen LogP contribution < -0.4 is 0 Å². The molecule has 0 atom stereocenters. The molecule has 0 spiro atoms. The molecule has 142 valence electrons. The SMILES string of the molecule is CCCCS(=O)(=O)N1CCN(CCN2C(=O)c3ccccc3C2=O)CC1. The summed E-state index contributed by atoms with van der Waals surface area (Å²) in [5.74, 6) is -0.281. The van der Waals surface area contributed by atoms with Crippen LogP contribution in [0, 0.1) is 0 Å². The number of imide groups is 1. The molecule has 2 aliphatic heterocycles. The molecule has 0 N–H and O–H groups in total. The van der Waals surface area contributed by atoms with E-state index in [2.05, 4.69) is 4.90 Å². The third-order valence-corrected chi connectivity index (χ3v) is 6.96. The first-order valence-corrected chi connectivity index (χ1v) is 10.7. The molecule has 0 aromatic heterocycles. The quantitative estimate of drug-likeness (QED) is 0.661. The molecule has 2 heterocycles. The van der Waals surface area contributed by atoms with Crippen molar-refractivity contribution in [2.24, 2.45) is 0 Å². The highest BCUT2D eigenvalue weighted by atomic mass is 32.2. The van der Waals surface area contributed by atoms with Gasteiger partial charge in [0.2, 0.25) is 10.0 Å². The van der Waals surface area contributed by atoms with Crippen LogP contribution in [-0.4, -0.2) is 79.4 Å². The van der Waals surface area contributed by atoms with E-state index in [-0.39, 0.29) is 17.6 Å². The lowest BCUT2D eigenvalue weighted by atomic mass is 10.1. The van der Waals surface area contributed by atoms with E-state index in [0.717, 1.165) is 6.42 Å². The van der Waals surface area contributed by atoms with Crippen LogP contribution in [0.1, 0.15) is 40.5 Å². The maximum atomic E-state index is 12.4. The van der Waals surface area contributed by atoms with Gasteiger partial charge in [-0.05, 0) is 18.6 Å². The third-order valence-electron chi connectivity index (χ3n) is 5.00. The number of fused-ring (bicyclic) bond motifs is 1. The smallest absolute Gasteiger partial charge is 0.261 e. The Hall–Kier alpha value is -1.77. The molecule has 3 rings (SSSR count). The number of rotatable bonds is 7. The zero-order chi connectivity index (χ0) is 18.7. The number of amides is 2. The first-order valence-electron chi connectivity index (χ1n) is 9.09. The molecule has 7 nitrogen and oxygen atoms in total. The molecule has 0 radical (unpaired) electrons. The van der Waals surface area contributed by atoms with Crippen molar-refractivity contribution in [1.82, 2.24) is 14.1 Å². The van der Waals surface area contributed by atoms with Crippen LogP contribution in [0.5, 0.6) is 0 Å². The van der Waals surface area contributed by atoms with Crippen molar-refractivity contribution in [3.63, 3.8) is 0 Å². The average Bonchev–Trinajstić information content (AvgIpc) is 2.90. The summed E-state index contributed by atoms with van der Waals surface area (Å²) in [4.78, 5) is 28.1. The number of carbonyl (C=O) groups excluding carboxylic acids is 2. The van der Waals surface area contributed by atoms with E-state index >= 15 is 0 Å². The van der Waals surface area contributed by atoms with Gasteiger partial charge in [-0.2, -0.15) is 4.31 Å². The summed E-state index contributed by atoms with van der Waals surface area (Å²) in [6.07, 6.45) is 1.54. The Bertz CT molecular complexity index is 750. The molecule has 1 saturated heterocycles. The summed E-state index contributed by atoms with van der Waals surface area (Å²) < 4.78 is 26.0. The van der Waals surface area contributed by atoms with Crippen molar-refractivity contribution in [2.45, 2.75) is 19.8 Å². The summed E-state index contributed by atoms with van der Waals surface area (Å²) in [6, 6.07) is 6.86. The monoisotopic (exact) mass is 379 g/mol. The first-order chi connectivity index (χ1) is 12.4. The maximum Gasteiger partial charge on any atom is 0.261 e. The second kappa shape index (κ2) is 7.85. The summed E-state index contributed by atoms with van der Waals surface area (Å²) in [5, 5.41) is 0. The Morgan fingerprint density at radius 1 is 0.923 bits per heavy atom. The summed E-state index contributed by atoms with van der Waals surface area (Å²) in [5.41, 5.74) is 0.925. The second-order valence-electron chi connectivity index (χ2n) is 6.72. The molecular weight excluding hydrogens is 354 g/mol. The number of benzene rings is 1. The fourth-order valence-electron chi connectivity index (χ4n) is 3.37. The number of hydrogen-bond donors (Lipinski definition) is 0. The molecular formula is C18H25N3O4S. The first kappa shape index (κ1) is 19.0. The van der Waals surface area contributed by atoms with Crippen molar-refractivity contribution in [3.05, 3.63) is 35.4 Å². The lowest BCUT2D eigenvalue weighted by molar-refractivity contribution is 0.0628. The Morgan fingerprint density at radius 3 is 2.04 bits per heavy atom. The van der Waals surface area contributed by atoms with Gasteiger partial charge in [-0.25, -0.2) is 8.42 Å². The Labute approximate surface area is 154 Å². The molecule has 0 bridgehead atoms. The minimum atomic E-state index is -3.17. The molecule has 2 amide bonds. The highest BCUT2D eigenvalue weighted by molar-refractivity contribution is 7.89. The van der Waals surface area contributed by atoms with E-state index in [1.807, 2.05) is 6.92 Å². The number of unbranched alkanes of at least 4 members (excludes halogenated alkanes) is 1. The average molecular weight is 379 g/mol. The fourth-order valence-corrected chi connectivity index (χ4v) is 5.00. The van der Waals surface area contributed by atoms with Crippen molar-refractivity contribution >= 4 is 21.8 Å². The number of carbonyl (C=O) groups is 2. The van der Waals surface area contributed by atoms with Crippen LogP contribution in [0.15, 0.2) is 24.3 Å². The van der Waals surface area contributed by atoms with Crippen LogP contribution in [0.25, 0.3) is 0 Å². The van der Waals surface area contributed by atoms with Crippen molar-refractivity contribution in [2.75, 3.05) is 45.0 Å².